The molecule has 14 heavy (non-hydrogen) atoms. The largest absolute Gasteiger partial charge is 0.381 e. The molecule has 0 spiro atoms. The van der Waals surface area contributed by atoms with E-state index in [1.807, 2.05) is 0 Å². The van der Waals surface area contributed by atoms with E-state index >= 15 is 0 Å². The molecule has 82 valence electrons. The Morgan fingerprint density at radius 3 is 2.57 bits per heavy atom. The zero-order valence-corrected chi connectivity index (χ0v) is 9.38. The lowest BCUT2D eigenvalue weighted by Crippen LogP contribution is -2.35. The highest BCUT2D eigenvalue weighted by molar-refractivity contribution is 5.00. The highest BCUT2D eigenvalue weighted by atomic mass is 16.5. The fraction of sp³-hybridized carbons (Fsp3) is 0.909. The van der Waals surface area contributed by atoms with E-state index in [1.165, 1.54) is 19.3 Å². The molecule has 0 amide bonds. The first-order chi connectivity index (χ1) is 6.62. The van der Waals surface area contributed by atoms with Gasteiger partial charge in [-0.25, -0.2) is 0 Å². The van der Waals surface area contributed by atoms with Crippen LogP contribution in [0.25, 0.3) is 0 Å². The molecule has 3 heteroatoms. The lowest BCUT2D eigenvalue weighted by molar-refractivity contribution is 0.119. The van der Waals surface area contributed by atoms with Crippen LogP contribution in [0.2, 0.25) is 0 Å². The summed E-state index contributed by atoms with van der Waals surface area (Å²) in [6.45, 7) is 5.30. The summed E-state index contributed by atoms with van der Waals surface area (Å²) in [4.78, 5) is 0. The predicted molar refractivity (Wildman–Crippen MR) is 57.8 cm³/mol. The summed E-state index contributed by atoms with van der Waals surface area (Å²) in [5.41, 5.74) is 4.90. The van der Waals surface area contributed by atoms with Crippen LogP contribution in [0.4, 0.5) is 0 Å². The highest BCUT2D eigenvalue weighted by Crippen LogP contribution is 2.04. The van der Waals surface area contributed by atoms with Gasteiger partial charge in [-0.05, 0) is 13.3 Å². The monoisotopic (exact) mass is 198 g/mol. The molecule has 0 aromatic carbocycles. The third-order valence-electron chi connectivity index (χ3n) is 2.16. The molecule has 0 aliphatic heterocycles. The first kappa shape index (κ1) is 13.4. The SMILES string of the molecule is CCCCCCOCCC(C)(N)C#N. The van der Waals surface area contributed by atoms with Gasteiger partial charge in [0.25, 0.3) is 0 Å². The van der Waals surface area contributed by atoms with Gasteiger partial charge in [-0.2, -0.15) is 5.26 Å². The number of ether oxygens (including phenoxy) is 1. The normalized spacial score (nSPS) is 14.7. The first-order valence-electron chi connectivity index (χ1n) is 5.40. The predicted octanol–water partition coefficient (Wildman–Crippen LogP) is 2.21. The Hall–Kier alpha value is -0.590. The second kappa shape index (κ2) is 7.78. The first-order valence-corrected chi connectivity index (χ1v) is 5.40. The van der Waals surface area contributed by atoms with Gasteiger partial charge in [0.1, 0.15) is 5.54 Å². The number of rotatable bonds is 8. The molecule has 0 aliphatic carbocycles. The van der Waals surface area contributed by atoms with Crippen molar-refractivity contribution in [3.63, 3.8) is 0 Å². The maximum absolute atomic E-state index is 8.64. The number of hydrogen-bond acceptors (Lipinski definition) is 3. The minimum absolute atomic E-state index is 0.590. The minimum Gasteiger partial charge on any atom is -0.381 e. The van der Waals surface area contributed by atoms with Crippen LogP contribution in [0.15, 0.2) is 0 Å². The molecule has 0 heterocycles. The second-order valence-electron chi connectivity index (χ2n) is 3.95. The Morgan fingerprint density at radius 2 is 2.00 bits per heavy atom. The Labute approximate surface area is 87.2 Å². The molecule has 0 bridgehead atoms. The van der Waals surface area contributed by atoms with Crippen LogP contribution in [0, 0.1) is 11.3 Å². The molecule has 0 aromatic heterocycles. The average Bonchev–Trinajstić information content (AvgIpc) is 2.16. The van der Waals surface area contributed by atoms with Crippen LogP contribution in [0.3, 0.4) is 0 Å². The van der Waals surface area contributed by atoms with Crippen LogP contribution < -0.4 is 5.73 Å². The van der Waals surface area contributed by atoms with E-state index < -0.39 is 5.54 Å². The average molecular weight is 198 g/mol. The lowest BCUT2D eigenvalue weighted by atomic mass is 10.0. The van der Waals surface area contributed by atoms with Gasteiger partial charge in [-0.3, -0.25) is 0 Å². The summed E-state index contributed by atoms with van der Waals surface area (Å²) >= 11 is 0. The molecule has 2 N–H and O–H groups in total. The summed E-state index contributed by atoms with van der Waals surface area (Å²) < 4.78 is 5.39. The van der Waals surface area contributed by atoms with Crippen molar-refractivity contribution in [1.29, 1.82) is 5.26 Å². The maximum atomic E-state index is 8.64. The van der Waals surface area contributed by atoms with Crippen LogP contribution in [0.5, 0.6) is 0 Å². The molecule has 1 unspecified atom stereocenters. The van der Waals surface area contributed by atoms with Crippen molar-refractivity contribution in [3.8, 4) is 6.07 Å². The van der Waals surface area contributed by atoms with Crippen LogP contribution in [-0.4, -0.2) is 18.8 Å². The van der Waals surface area contributed by atoms with Crippen molar-refractivity contribution in [1.82, 2.24) is 0 Å². The Morgan fingerprint density at radius 1 is 1.29 bits per heavy atom. The lowest BCUT2D eigenvalue weighted by Gasteiger charge is -2.14. The van der Waals surface area contributed by atoms with E-state index in [1.54, 1.807) is 6.92 Å². The smallest absolute Gasteiger partial charge is 0.103 e. The molecule has 0 rings (SSSR count). The van der Waals surface area contributed by atoms with Gasteiger partial charge in [-0.1, -0.05) is 26.2 Å². The van der Waals surface area contributed by atoms with Crippen molar-refractivity contribution >= 4 is 0 Å². The molecule has 0 fully saturated rings. The van der Waals surface area contributed by atoms with Crippen molar-refractivity contribution in [2.45, 2.75) is 51.5 Å². The molecule has 1 atom stereocenters. The molecule has 0 aliphatic rings. The quantitative estimate of drug-likeness (QED) is 0.608. The van der Waals surface area contributed by atoms with Crippen molar-refractivity contribution < 1.29 is 4.74 Å². The fourth-order valence-corrected chi connectivity index (χ4v) is 1.07. The van der Waals surface area contributed by atoms with Gasteiger partial charge in [0.05, 0.1) is 6.07 Å². The second-order valence-corrected chi connectivity index (χ2v) is 3.95. The number of unbranched alkanes of at least 4 members (excludes halogenated alkanes) is 3. The van der Waals surface area contributed by atoms with Crippen molar-refractivity contribution in [2.75, 3.05) is 13.2 Å². The van der Waals surface area contributed by atoms with Gasteiger partial charge >= 0.3 is 0 Å². The maximum Gasteiger partial charge on any atom is 0.103 e. The summed E-state index contributed by atoms with van der Waals surface area (Å²) in [5, 5.41) is 8.64. The Balaban J connectivity index is 3.18. The van der Waals surface area contributed by atoms with E-state index in [4.69, 9.17) is 15.7 Å². The van der Waals surface area contributed by atoms with Crippen LogP contribution >= 0.6 is 0 Å². The number of nitrogens with zero attached hydrogens (tertiary/aromatic N) is 1. The topological polar surface area (TPSA) is 59.0 Å². The standard InChI is InChI=1S/C11H22N2O/c1-3-4-5-6-8-14-9-7-11(2,13)10-12/h3-9,13H2,1-2H3. The number of nitrogens with two attached hydrogens (primary N) is 1. The third-order valence-corrected chi connectivity index (χ3v) is 2.16. The molecule has 0 saturated heterocycles. The van der Waals surface area contributed by atoms with E-state index in [-0.39, 0.29) is 0 Å². The van der Waals surface area contributed by atoms with E-state index in [0.29, 0.717) is 13.0 Å². The van der Waals surface area contributed by atoms with E-state index in [0.717, 1.165) is 13.0 Å². The Bertz CT molecular complexity index is 173. The highest BCUT2D eigenvalue weighted by Gasteiger charge is 2.15. The third kappa shape index (κ3) is 8.03. The number of nitriles is 1. The molecular formula is C11H22N2O. The summed E-state index contributed by atoms with van der Waals surface area (Å²) in [5.74, 6) is 0. The van der Waals surface area contributed by atoms with Gasteiger partial charge < -0.3 is 10.5 Å². The van der Waals surface area contributed by atoms with Crippen LogP contribution in [0.1, 0.15) is 46.0 Å². The molecular weight excluding hydrogens is 176 g/mol. The van der Waals surface area contributed by atoms with Crippen molar-refractivity contribution in [3.05, 3.63) is 0 Å². The molecule has 0 saturated carbocycles. The van der Waals surface area contributed by atoms with Gasteiger partial charge in [0.2, 0.25) is 0 Å². The zero-order valence-electron chi connectivity index (χ0n) is 9.38. The number of hydrogen-bond donors (Lipinski definition) is 1. The molecule has 3 nitrogen and oxygen atoms in total. The molecule has 0 aromatic rings. The molecule has 0 radical (unpaired) electrons. The summed E-state index contributed by atoms with van der Waals surface area (Å²) in [7, 11) is 0. The Kier molecular flexibility index (Phi) is 7.45. The van der Waals surface area contributed by atoms with Gasteiger partial charge in [0.15, 0.2) is 0 Å². The minimum atomic E-state index is -0.733. The summed E-state index contributed by atoms with van der Waals surface area (Å²) in [6.07, 6.45) is 5.47. The van der Waals surface area contributed by atoms with Crippen molar-refractivity contribution in [2.24, 2.45) is 5.73 Å². The zero-order chi connectivity index (χ0) is 10.9. The fourth-order valence-electron chi connectivity index (χ4n) is 1.07. The van der Waals surface area contributed by atoms with Gasteiger partial charge in [0, 0.05) is 19.6 Å². The summed E-state index contributed by atoms with van der Waals surface area (Å²) in [6, 6.07) is 2.05. The van der Waals surface area contributed by atoms with E-state index in [2.05, 4.69) is 13.0 Å². The van der Waals surface area contributed by atoms with E-state index in [9.17, 15) is 0 Å². The van der Waals surface area contributed by atoms with Gasteiger partial charge in [-0.15, -0.1) is 0 Å². The van der Waals surface area contributed by atoms with Crippen LogP contribution in [-0.2, 0) is 4.74 Å².